The normalized spacial score (nSPS) is 19.6. The summed E-state index contributed by atoms with van der Waals surface area (Å²) in [6.45, 7) is 2.76. The quantitative estimate of drug-likeness (QED) is 0.755. The first-order valence-corrected chi connectivity index (χ1v) is 7.94. The molecule has 1 saturated carbocycles. The maximum atomic E-state index is 13.1. The predicted molar refractivity (Wildman–Crippen MR) is 84.2 cm³/mol. The topological polar surface area (TPSA) is 58.2 Å². The largest absolute Gasteiger partial charge is 0.356 e. The third-order valence-corrected chi connectivity index (χ3v) is 4.02. The zero-order valence-corrected chi connectivity index (χ0v) is 13.3. The highest BCUT2D eigenvalue weighted by Gasteiger charge is 2.47. The molecule has 2 N–H and O–H groups in total. The second kappa shape index (κ2) is 7.58. The van der Waals surface area contributed by atoms with Gasteiger partial charge >= 0.3 is 0 Å². The van der Waals surface area contributed by atoms with Gasteiger partial charge in [-0.3, -0.25) is 9.59 Å². The minimum Gasteiger partial charge on any atom is -0.356 e. The van der Waals surface area contributed by atoms with E-state index in [1.54, 1.807) is 0 Å². The SMILES string of the molecule is CCCCCNC(=O)C1CC1C(=O)Nc1ccc(F)c(Cl)c1. The van der Waals surface area contributed by atoms with Crippen LogP contribution in [0.25, 0.3) is 0 Å². The molecule has 0 spiro atoms. The molecular formula is C16H20ClFN2O2. The molecule has 0 saturated heterocycles. The molecule has 2 unspecified atom stereocenters. The van der Waals surface area contributed by atoms with Crippen LogP contribution in [0.2, 0.25) is 5.02 Å². The molecule has 0 heterocycles. The number of amides is 2. The standard InChI is InChI=1S/C16H20ClFN2O2/c1-2-3-4-7-19-15(21)11-9-12(11)16(22)20-10-5-6-14(18)13(17)8-10/h5-6,8,11-12H,2-4,7,9H2,1H3,(H,19,21)(H,20,22). The van der Waals surface area contributed by atoms with Crippen molar-refractivity contribution < 1.29 is 14.0 Å². The van der Waals surface area contributed by atoms with Gasteiger partial charge in [-0.05, 0) is 31.0 Å². The smallest absolute Gasteiger partial charge is 0.228 e. The van der Waals surface area contributed by atoms with Crippen LogP contribution < -0.4 is 10.6 Å². The monoisotopic (exact) mass is 326 g/mol. The number of benzene rings is 1. The summed E-state index contributed by atoms with van der Waals surface area (Å²) in [4.78, 5) is 23.9. The zero-order chi connectivity index (χ0) is 16.1. The van der Waals surface area contributed by atoms with Gasteiger partial charge in [0.15, 0.2) is 0 Å². The maximum Gasteiger partial charge on any atom is 0.228 e. The summed E-state index contributed by atoms with van der Waals surface area (Å²) in [7, 11) is 0. The van der Waals surface area contributed by atoms with Crippen molar-refractivity contribution in [3.05, 3.63) is 29.0 Å². The lowest BCUT2D eigenvalue weighted by molar-refractivity contribution is -0.125. The van der Waals surface area contributed by atoms with Crippen LogP contribution in [-0.4, -0.2) is 18.4 Å². The van der Waals surface area contributed by atoms with Crippen molar-refractivity contribution in [3.8, 4) is 0 Å². The van der Waals surface area contributed by atoms with E-state index < -0.39 is 5.82 Å². The first-order valence-electron chi connectivity index (χ1n) is 7.56. The lowest BCUT2D eigenvalue weighted by Gasteiger charge is -2.06. The summed E-state index contributed by atoms with van der Waals surface area (Å²) in [5.74, 6) is -1.38. The van der Waals surface area contributed by atoms with Crippen LogP contribution in [0.5, 0.6) is 0 Å². The number of carbonyl (C=O) groups excluding carboxylic acids is 2. The van der Waals surface area contributed by atoms with Gasteiger partial charge in [-0.25, -0.2) is 4.39 Å². The molecule has 6 heteroatoms. The van der Waals surface area contributed by atoms with Gasteiger partial charge in [-0.1, -0.05) is 31.4 Å². The van der Waals surface area contributed by atoms with Gasteiger partial charge in [0, 0.05) is 12.2 Å². The average molecular weight is 327 g/mol. The second-order valence-electron chi connectivity index (χ2n) is 5.56. The lowest BCUT2D eigenvalue weighted by Crippen LogP contribution is -2.28. The number of unbranched alkanes of at least 4 members (excludes halogenated alkanes) is 2. The van der Waals surface area contributed by atoms with Crippen molar-refractivity contribution in [2.24, 2.45) is 11.8 Å². The van der Waals surface area contributed by atoms with Crippen LogP contribution >= 0.6 is 11.6 Å². The molecule has 22 heavy (non-hydrogen) atoms. The van der Waals surface area contributed by atoms with E-state index in [2.05, 4.69) is 17.6 Å². The fraction of sp³-hybridized carbons (Fsp3) is 0.500. The van der Waals surface area contributed by atoms with E-state index in [0.29, 0.717) is 18.7 Å². The Hall–Kier alpha value is -1.62. The van der Waals surface area contributed by atoms with E-state index in [-0.39, 0.29) is 28.7 Å². The predicted octanol–water partition coefficient (Wildman–Crippen LogP) is 3.36. The molecular weight excluding hydrogens is 307 g/mol. The molecule has 0 aromatic heterocycles. The van der Waals surface area contributed by atoms with E-state index in [4.69, 9.17) is 11.6 Å². The highest BCUT2D eigenvalue weighted by molar-refractivity contribution is 6.31. The van der Waals surface area contributed by atoms with Gasteiger partial charge in [0.25, 0.3) is 0 Å². The van der Waals surface area contributed by atoms with E-state index in [9.17, 15) is 14.0 Å². The highest BCUT2D eigenvalue weighted by Crippen LogP contribution is 2.39. The zero-order valence-electron chi connectivity index (χ0n) is 12.5. The Labute approximate surface area is 134 Å². The molecule has 1 aromatic rings. The first-order chi connectivity index (χ1) is 10.5. The summed E-state index contributed by atoms with van der Waals surface area (Å²) in [5.41, 5.74) is 0.436. The molecule has 0 bridgehead atoms. The average Bonchev–Trinajstić information content (AvgIpc) is 3.28. The van der Waals surface area contributed by atoms with Crippen molar-refractivity contribution in [1.29, 1.82) is 0 Å². The molecule has 120 valence electrons. The number of rotatable bonds is 7. The van der Waals surface area contributed by atoms with Crippen LogP contribution in [0.4, 0.5) is 10.1 Å². The first kappa shape index (κ1) is 16.7. The van der Waals surface area contributed by atoms with Gasteiger partial charge in [-0.15, -0.1) is 0 Å². The third kappa shape index (κ3) is 4.44. The Balaban J connectivity index is 1.78. The summed E-state index contributed by atoms with van der Waals surface area (Å²) in [5, 5.41) is 5.48. The molecule has 1 aliphatic carbocycles. The van der Waals surface area contributed by atoms with E-state index in [1.807, 2.05) is 0 Å². The molecule has 0 radical (unpaired) electrons. The summed E-state index contributed by atoms with van der Waals surface area (Å²) >= 11 is 5.66. The van der Waals surface area contributed by atoms with Gasteiger partial charge < -0.3 is 10.6 Å². The van der Waals surface area contributed by atoms with Crippen molar-refractivity contribution in [3.63, 3.8) is 0 Å². The third-order valence-electron chi connectivity index (χ3n) is 3.73. The van der Waals surface area contributed by atoms with Crippen molar-refractivity contribution in [2.75, 3.05) is 11.9 Å². The number of halogens is 2. The summed E-state index contributed by atoms with van der Waals surface area (Å²) < 4.78 is 13.1. The Bertz CT molecular complexity index is 565. The van der Waals surface area contributed by atoms with E-state index in [1.165, 1.54) is 18.2 Å². The number of hydrogen-bond donors (Lipinski definition) is 2. The van der Waals surface area contributed by atoms with Crippen LogP contribution in [0.15, 0.2) is 18.2 Å². The fourth-order valence-corrected chi connectivity index (χ4v) is 2.48. The van der Waals surface area contributed by atoms with Gasteiger partial charge in [0.05, 0.1) is 16.9 Å². The highest BCUT2D eigenvalue weighted by atomic mass is 35.5. The fourth-order valence-electron chi connectivity index (χ4n) is 2.30. The van der Waals surface area contributed by atoms with Crippen LogP contribution in [0, 0.1) is 17.7 Å². The van der Waals surface area contributed by atoms with Gasteiger partial charge in [0.1, 0.15) is 5.82 Å². The molecule has 2 amide bonds. The van der Waals surface area contributed by atoms with Crippen LogP contribution in [0.3, 0.4) is 0 Å². The molecule has 2 rings (SSSR count). The molecule has 1 aliphatic rings. The summed E-state index contributed by atoms with van der Waals surface area (Å²) in [6.07, 6.45) is 3.70. The Morgan fingerprint density at radius 2 is 2.00 bits per heavy atom. The Morgan fingerprint density at radius 1 is 1.27 bits per heavy atom. The van der Waals surface area contributed by atoms with Crippen molar-refractivity contribution >= 4 is 29.1 Å². The minimum absolute atomic E-state index is 0.0428. The Kier molecular flexibility index (Phi) is 5.77. The number of anilines is 1. The molecule has 1 fully saturated rings. The minimum atomic E-state index is -0.532. The molecule has 0 aliphatic heterocycles. The maximum absolute atomic E-state index is 13.1. The number of nitrogens with one attached hydrogen (secondary N) is 2. The second-order valence-corrected chi connectivity index (χ2v) is 5.97. The molecule has 4 nitrogen and oxygen atoms in total. The lowest BCUT2D eigenvalue weighted by atomic mass is 10.2. The van der Waals surface area contributed by atoms with Crippen LogP contribution in [0.1, 0.15) is 32.6 Å². The number of carbonyl (C=O) groups is 2. The Morgan fingerprint density at radius 3 is 2.68 bits per heavy atom. The summed E-state index contributed by atoms with van der Waals surface area (Å²) in [6, 6.07) is 4.00. The molecule has 2 atom stereocenters. The van der Waals surface area contributed by atoms with Crippen LogP contribution in [-0.2, 0) is 9.59 Å². The van der Waals surface area contributed by atoms with Gasteiger partial charge in [-0.2, -0.15) is 0 Å². The molecule has 1 aromatic carbocycles. The van der Waals surface area contributed by atoms with E-state index in [0.717, 1.165) is 19.3 Å². The van der Waals surface area contributed by atoms with Crippen molar-refractivity contribution in [2.45, 2.75) is 32.6 Å². The number of hydrogen-bond acceptors (Lipinski definition) is 2. The van der Waals surface area contributed by atoms with E-state index >= 15 is 0 Å². The van der Waals surface area contributed by atoms with Gasteiger partial charge in [0.2, 0.25) is 11.8 Å². The van der Waals surface area contributed by atoms with Crippen molar-refractivity contribution in [1.82, 2.24) is 5.32 Å².